The number of aliphatic imine (C=N–C) groups is 1. The molecule has 112 valence electrons. The summed E-state index contributed by atoms with van der Waals surface area (Å²) in [6.07, 6.45) is -0.539. The highest BCUT2D eigenvalue weighted by atomic mass is 16.2. The minimum Gasteiger partial charge on any atom is -0.322 e. The Kier molecular flexibility index (Phi) is 3.77. The van der Waals surface area contributed by atoms with Crippen molar-refractivity contribution in [3.05, 3.63) is 65.2 Å². The van der Waals surface area contributed by atoms with E-state index in [4.69, 9.17) is 4.99 Å². The molecule has 2 aromatic rings. The van der Waals surface area contributed by atoms with Gasteiger partial charge in [-0.05, 0) is 33.2 Å². The van der Waals surface area contributed by atoms with Gasteiger partial charge in [0.05, 0.1) is 11.4 Å². The van der Waals surface area contributed by atoms with Gasteiger partial charge < -0.3 is 5.32 Å². The molecule has 1 aliphatic heterocycles. The molecule has 1 heterocycles. The lowest BCUT2D eigenvalue weighted by molar-refractivity contribution is -0.120. The number of nitrogens with one attached hydrogen (secondary N) is 1. The maximum absolute atomic E-state index is 12.4. The molecule has 0 saturated carbocycles. The van der Waals surface area contributed by atoms with Crippen molar-refractivity contribution in [3.63, 3.8) is 0 Å². The van der Waals surface area contributed by atoms with Crippen LogP contribution >= 0.6 is 0 Å². The van der Waals surface area contributed by atoms with Crippen molar-refractivity contribution in [2.45, 2.75) is 13.1 Å². The standard InChI is InChI=1S/C18H19N3O/c1-12-9-10-15-14(11-12)16(13-7-5-4-6-8-13)20-17(21(2)3)18(22)19-15/h4-11,17H,1-3H3,(H,19,22). The van der Waals surface area contributed by atoms with Gasteiger partial charge in [0.25, 0.3) is 5.91 Å². The van der Waals surface area contributed by atoms with Gasteiger partial charge in [0, 0.05) is 11.1 Å². The fraction of sp³-hybridized carbons (Fsp3) is 0.222. The van der Waals surface area contributed by atoms with Gasteiger partial charge in [-0.3, -0.25) is 14.7 Å². The van der Waals surface area contributed by atoms with E-state index in [1.807, 2.05) is 68.4 Å². The Bertz CT molecular complexity index is 735. The predicted octanol–water partition coefficient (Wildman–Crippen LogP) is 2.67. The van der Waals surface area contributed by atoms with Gasteiger partial charge in [-0.2, -0.15) is 0 Å². The van der Waals surface area contributed by atoms with Gasteiger partial charge >= 0.3 is 0 Å². The summed E-state index contributed by atoms with van der Waals surface area (Å²) in [7, 11) is 3.72. The second kappa shape index (κ2) is 5.73. The molecule has 2 aromatic carbocycles. The largest absolute Gasteiger partial charge is 0.322 e. The van der Waals surface area contributed by atoms with Crippen molar-refractivity contribution in [1.29, 1.82) is 0 Å². The van der Waals surface area contributed by atoms with Crippen LogP contribution in [0.4, 0.5) is 5.69 Å². The first-order chi connectivity index (χ1) is 10.6. The fourth-order valence-corrected chi connectivity index (χ4v) is 2.59. The minimum absolute atomic E-state index is 0.110. The first-order valence-corrected chi connectivity index (χ1v) is 7.28. The Morgan fingerprint density at radius 3 is 2.50 bits per heavy atom. The van der Waals surface area contributed by atoms with Gasteiger partial charge in [-0.25, -0.2) is 0 Å². The lowest BCUT2D eigenvalue weighted by Gasteiger charge is -2.18. The normalized spacial score (nSPS) is 17.5. The molecule has 4 nitrogen and oxygen atoms in total. The molecule has 1 amide bonds. The van der Waals surface area contributed by atoms with Crippen molar-refractivity contribution in [2.75, 3.05) is 19.4 Å². The highest BCUT2D eigenvalue weighted by Crippen LogP contribution is 2.25. The minimum atomic E-state index is -0.539. The molecule has 0 radical (unpaired) electrons. The van der Waals surface area contributed by atoms with E-state index in [1.165, 1.54) is 0 Å². The molecule has 0 aliphatic carbocycles. The van der Waals surface area contributed by atoms with Crippen LogP contribution in [0.15, 0.2) is 53.5 Å². The molecule has 0 saturated heterocycles. The van der Waals surface area contributed by atoms with Gasteiger partial charge in [-0.15, -0.1) is 0 Å². The predicted molar refractivity (Wildman–Crippen MR) is 89.4 cm³/mol. The van der Waals surface area contributed by atoms with Crippen LogP contribution in [0, 0.1) is 6.92 Å². The summed E-state index contributed by atoms with van der Waals surface area (Å²) in [4.78, 5) is 19.0. The van der Waals surface area contributed by atoms with E-state index in [-0.39, 0.29) is 5.91 Å². The van der Waals surface area contributed by atoms with Crippen molar-refractivity contribution >= 4 is 17.3 Å². The van der Waals surface area contributed by atoms with Gasteiger partial charge in [0.15, 0.2) is 6.17 Å². The van der Waals surface area contributed by atoms with E-state index in [0.717, 1.165) is 28.1 Å². The second-order valence-corrected chi connectivity index (χ2v) is 5.72. The summed E-state index contributed by atoms with van der Waals surface area (Å²) in [5, 5.41) is 2.99. The summed E-state index contributed by atoms with van der Waals surface area (Å²) < 4.78 is 0. The summed E-state index contributed by atoms with van der Waals surface area (Å²) in [5.41, 5.74) is 4.76. The first-order valence-electron chi connectivity index (χ1n) is 7.28. The van der Waals surface area contributed by atoms with Crippen LogP contribution in [0.25, 0.3) is 0 Å². The van der Waals surface area contributed by atoms with E-state index in [1.54, 1.807) is 0 Å². The number of rotatable bonds is 2. The molecule has 0 bridgehead atoms. The molecular weight excluding hydrogens is 274 g/mol. The van der Waals surface area contributed by atoms with Crippen molar-refractivity contribution in [2.24, 2.45) is 4.99 Å². The Labute approximate surface area is 130 Å². The van der Waals surface area contributed by atoms with E-state index in [9.17, 15) is 4.79 Å². The summed E-state index contributed by atoms with van der Waals surface area (Å²) in [6, 6.07) is 16.0. The average molecular weight is 293 g/mol. The number of hydrogen-bond acceptors (Lipinski definition) is 3. The first kappa shape index (κ1) is 14.5. The molecule has 0 aromatic heterocycles. The molecule has 22 heavy (non-hydrogen) atoms. The number of benzene rings is 2. The van der Waals surface area contributed by atoms with E-state index >= 15 is 0 Å². The Hall–Kier alpha value is -2.46. The molecule has 4 heteroatoms. The summed E-state index contributed by atoms with van der Waals surface area (Å²) >= 11 is 0. The third-order valence-corrected chi connectivity index (χ3v) is 3.71. The number of aryl methyl sites for hydroxylation is 1. The van der Waals surface area contributed by atoms with Crippen LogP contribution in [0.3, 0.4) is 0 Å². The fourth-order valence-electron chi connectivity index (χ4n) is 2.59. The molecule has 1 unspecified atom stereocenters. The number of carbonyl (C=O) groups excluding carboxylic acids is 1. The monoisotopic (exact) mass is 293 g/mol. The van der Waals surface area contributed by atoms with Crippen molar-refractivity contribution in [1.82, 2.24) is 4.90 Å². The molecule has 0 spiro atoms. The lowest BCUT2D eigenvalue weighted by Crippen LogP contribution is -2.37. The van der Waals surface area contributed by atoms with E-state index in [0.29, 0.717) is 0 Å². The molecule has 1 aliphatic rings. The molecule has 3 rings (SSSR count). The lowest BCUT2D eigenvalue weighted by atomic mass is 9.99. The topological polar surface area (TPSA) is 44.7 Å². The number of anilines is 1. The van der Waals surface area contributed by atoms with Gasteiger partial charge in [0.1, 0.15) is 0 Å². The van der Waals surface area contributed by atoms with E-state index < -0.39 is 6.17 Å². The van der Waals surface area contributed by atoms with Crippen molar-refractivity contribution in [3.8, 4) is 0 Å². The van der Waals surface area contributed by atoms with Crippen LogP contribution in [0.2, 0.25) is 0 Å². The highest BCUT2D eigenvalue weighted by Gasteiger charge is 2.27. The van der Waals surface area contributed by atoms with Gasteiger partial charge in [-0.1, -0.05) is 42.0 Å². The molecule has 1 N–H and O–H groups in total. The number of likely N-dealkylation sites (N-methyl/N-ethyl adjacent to an activating group) is 1. The smallest absolute Gasteiger partial charge is 0.264 e. The number of carbonyl (C=O) groups is 1. The van der Waals surface area contributed by atoms with Crippen LogP contribution in [0.5, 0.6) is 0 Å². The quantitative estimate of drug-likeness (QED) is 0.925. The maximum atomic E-state index is 12.4. The molecule has 0 fully saturated rings. The number of amides is 1. The highest BCUT2D eigenvalue weighted by molar-refractivity contribution is 6.19. The van der Waals surface area contributed by atoms with Crippen LogP contribution in [0.1, 0.15) is 16.7 Å². The van der Waals surface area contributed by atoms with Crippen LogP contribution < -0.4 is 5.32 Å². The zero-order valence-corrected chi connectivity index (χ0v) is 13.0. The second-order valence-electron chi connectivity index (χ2n) is 5.72. The number of fused-ring (bicyclic) bond motifs is 1. The molecular formula is C18H19N3O. The number of nitrogens with zero attached hydrogens (tertiary/aromatic N) is 2. The van der Waals surface area contributed by atoms with Crippen LogP contribution in [-0.2, 0) is 4.79 Å². The Morgan fingerprint density at radius 2 is 1.82 bits per heavy atom. The third kappa shape index (κ3) is 2.65. The average Bonchev–Trinajstić information content (AvgIpc) is 2.64. The van der Waals surface area contributed by atoms with Crippen molar-refractivity contribution < 1.29 is 4.79 Å². The zero-order chi connectivity index (χ0) is 15.7. The SMILES string of the molecule is Cc1ccc2c(c1)C(c1ccccc1)=NC(N(C)C)C(=O)N2. The Balaban J connectivity index is 2.23. The number of hydrogen-bond donors (Lipinski definition) is 1. The summed E-state index contributed by atoms with van der Waals surface area (Å²) in [6.45, 7) is 2.04. The Morgan fingerprint density at radius 1 is 1.09 bits per heavy atom. The zero-order valence-electron chi connectivity index (χ0n) is 13.0. The van der Waals surface area contributed by atoms with E-state index in [2.05, 4.69) is 11.4 Å². The third-order valence-electron chi connectivity index (χ3n) is 3.71. The molecule has 1 atom stereocenters. The van der Waals surface area contributed by atoms with Crippen LogP contribution in [-0.4, -0.2) is 36.8 Å². The maximum Gasteiger partial charge on any atom is 0.264 e. The summed E-state index contributed by atoms with van der Waals surface area (Å²) in [5.74, 6) is -0.110. The number of benzodiazepines with no additional fused rings is 1. The van der Waals surface area contributed by atoms with Gasteiger partial charge in [0.2, 0.25) is 0 Å².